The van der Waals surface area contributed by atoms with Crippen LogP contribution in [0.5, 0.6) is 5.75 Å². The molecule has 0 bridgehead atoms. The molecule has 0 atom stereocenters. The second-order valence-corrected chi connectivity index (χ2v) is 8.33. The van der Waals surface area contributed by atoms with Gasteiger partial charge in [0.1, 0.15) is 28.7 Å². The number of hydrogen-bond acceptors (Lipinski definition) is 6. The molecule has 160 valence electrons. The second kappa shape index (κ2) is 8.81. The summed E-state index contributed by atoms with van der Waals surface area (Å²) >= 11 is 7.24. The maximum absolute atomic E-state index is 12.5. The molecule has 10 heteroatoms. The summed E-state index contributed by atoms with van der Waals surface area (Å²) in [4.78, 5) is 21.5. The molecule has 0 fully saturated rings. The molecule has 0 aliphatic rings. The number of carbonyl (C=O) groups excluding carboxylic acids is 1. The zero-order valence-corrected chi connectivity index (χ0v) is 18.3. The van der Waals surface area contributed by atoms with Crippen molar-refractivity contribution in [3.05, 3.63) is 94.1 Å². The van der Waals surface area contributed by atoms with E-state index < -0.39 is 0 Å². The minimum Gasteiger partial charge on any atom is -0.486 e. The Morgan fingerprint density at radius 2 is 2.00 bits per heavy atom. The Balaban J connectivity index is 1.18. The van der Waals surface area contributed by atoms with Crippen molar-refractivity contribution >= 4 is 40.2 Å². The fraction of sp³-hybridized carbons (Fsp3) is 0.0909. The average Bonchev–Trinajstić information content (AvgIpc) is 3.53. The molecule has 5 aromatic rings. The van der Waals surface area contributed by atoms with Gasteiger partial charge in [-0.1, -0.05) is 17.7 Å². The smallest absolute Gasteiger partial charge is 0.275 e. The number of fused-ring (bicyclic) bond motifs is 1. The van der Waals surface area contributed by atoms with Gasteiger partial charge in [0, 0.05) is 29.0 Å². The Kier molecular flexibility index (Phi) is 5.57. The lowest BCUT2D eigenvalue weighted by Gasteiger charge is -2.03. The quantitative estimate of drug-likeness (QED) is 0.382. The van der Waals surface area contributed by atoms with Gasteiger partial charge < -0.3 is 14.5 Å². The lowest BCUT2D eigenvalue weighted by atomic mass is 10.3. The predicted molar refractivity (Wildman–Crippen MR) is 122 cm³/mol. The van der Waals surface area contributed by atoms with Crippen LogP contribution in [0, 0.1) is 0 Å². The van der Waals surface area contributed by atoms with Gasteiger partial charge in [-0.05, 0) is 36.4 Å². The lowest BCUT2D eigenvalue weighted by Crippen LogP contribution is -2.12. The third kappa shape index (κ3) is 4.63. The number of nitrogens with zero attached hydrogens (tertiary/aromatic N) is 5. The Hall–Kier alpha value is -3.69. The maximum Gasteiger partial charge on any atom is 0.275 e. The number of thiazole rings is 1. The number of imidazole rings is 1. The summed E-state index contributed by atoms with van der Waals surface area (Å²) in [6.07, 6.45) is 7.27. The minimum absolute atomic E-state index is 0.274. The number of anilines is 1. The summed E-state index contributed by atoms with van der Waals surface area (Å²) in [5.74, 6) is 0.389. The van der Waals surface area contributed by atoms with Gasteiger partial charge in [-0.2, -0.15) is 5.10 Å². The van der Waals surface area contributed by atoms with Gasteiger partial charge in [0.25, 0.3) is 5.91 Å². The number of benzene rings is 1. The van der Waals surface area contributed by atoms with E-state index in [1.54, 1.807) is 46.7 Å². The number of nitrogens with one attached hydrogen (secondary N) is 1. The second-order valence-electron chi connectivity index (χ2n) is 6.95. The van der Waals surface area contributed by atoms with Crippen LogP contribution in [0.4, 0.5) is 5.69 Å². The van der Waals surface area contributed by atoms with Crippen LogP contribution in [0.25, 0.3) is 5.65 Å². The Labute approximate surface area is 192 Å². The molecule has 4 aromatic heterocycles. The first-order valence-electron chi connectivity index (χ1n) is 9.71. The van der Waals surface area contributed by atoms with Crippen molar-refractivity contribution < 1.29 is 9.53 Å². The van der Waals surface area contributed by atoms with Crippen LogP contribution in [0.3, 0.4) is 0 Å². The van der Waals surface area contributed by atoms with E-state index >= 15 is 0 Å². The van der Waals surface area contributed by atoms with E-state index in [0.29, 0.717) is 33.7 Å². The number of rotatable bonds is 7. The predicted octanol–water partition coefficient (Wildman–Crippen LogP) is 4.52. The molecule has 0 saturated heterocycles. The number of halogens is 1. The summed E-state index contributed by atoms with van der Waals surface area (Å²) < 4.78 is 9.36. The topological polar surface area (TPSA) is 86.3 Å². The Bertz CT molecular complexity index is 1340. The van der Waals surface area contributed by atoms with Crippen molar-refractivity contribution in [2.75, 3.05) is 5.32 Å². The van der Waals surface area contributed by atoms with Crippen LogP contribution < -0.4 is 10.1 Å². The van der Waals surface area contributed by atoms with Crippen molar-refractivity contribution in [3.8, 4) is 5.75 Å². The molecule has 0 radical (unpaired) electrons. The maximum atomic E-state index is 12.5. The molecule has 0 aliphatic heterocycles. The molecule has 0 aliphatic carbocycles. The van der Waals surface area contributed by atoms with Crippen molar-refractivity contribution in [2.24, 2.45) is 0 Å². The molecule has 8 nitrogen and oxygen atoms in total. The van der Waals surface area contributed by atoms with E-state index in [9.17, 15) is 4.79 Å². The summed E-state index contributed by atoms with van der Waals surface area (Å²) in [5, 5.41) is 10.2. The van der Waals surface area contributed by atoms with Crippen molar-refractivity contribution in [1.29, 1.82) is 0 Å². The Morgan fingerprint density at radius 1 is 1.12 bits per heavy atom. The third-order valence-electron chi connectivity index (χ3n) is 4.59. The van der Waals surface area contributed by atoms with E-state index in [1.807, 2.05) is 35.0 Å². The van der Waals surface area contributed by atoms with Gasteiger partial charge in [0.2, 0.25) is 0 Å². The molecule has 1 amide bonds. The largest absolute Gasteiger partial charge is 0.486 e. The molecule has 32 heavy (non-hydrogen) atoms. The molecule has 0 saturated carbocycles. The molecule has 4 heterocycles. The molecule has 0 unspecified atom stereocenters. The first kappa shape index (κ1) is 20.2. The van der Waals surface area contributed by atoms with Gasteiger partial charge >= 0.3 is 0 Å². The van der Waals surface area contributed by atoms with Crippen LogP contribution in [0.15, 0.2) is 72.6 Å². The van der Waals surface area contributed by atoms with Crippen LogP contribution in [0.2, 0.25) is 5.02 Å². The van der Waals surface area contributed by atoms with Gasteiger partial charge in [-0.3, -0.25) is 9.48 Å². The fourth-order valence-electron chi connectivity index (χ4n) is 3.10. The molecular formula is C22H17ClN6O2S. The van der Waals surface area contributed by atoms with Gasteiger partial charge in [0.15, 0.2) is 0 Å². The first-order valence-corrected chi connectivity index (χ1v) is 11.0. The highest BCUT2D eigenvalue weighted by Gasteiger charge is 2.13. The van der Waals surface area contributed by atoms with Crippen LogP contribution in [-0.2, 0) is 13.2 Å². The van der Waals surface area contributed by atoms with Crippen LogP contribution in [0.1, 0.15) is 21.2 Å². The van der Waals surface area contributed by atoms with Gasteiger partial charge in [-0.15, -0.1) is 11.3 Å². The number of aromatic nitrogens is 5. The van der Waals surface area contributed by atoms with Crippen LogP contribution in [-0.4, -0.2) is 30.1 Å². The van der Waals surface area contributed by atoms with Gasteiger partial charge in [-0.25, -0.2) is 9.97 Å². The number of carbonyl (C=O) groups is 1. The highest BCUT2D eigenvalue weighted by Crippen LogP contribution is 2.19. The van der Waals surface area contributed by atoms with Gasteiger partial charge in [0.05, 0.1) is 24.1 Å². The summed E-state index contributed by atoms with van der Waals surface area (Å²) in [7, 11) is 0. The van der Waals surface area contributed by atoms with Crippen molar-refractivity contribution in [2.45, 2.75) is 13.2 Å². The summed E-state index contributed by atoms with van der Waals surface area (Å²) in [6, 6.07) is 12.9. The molecular weight excluding hydrogens is 448 g/mol. The molecule has 0 spiro atoms. The Morgan fingerprint density at radius 3 is 2.84 bits per heavy atom. The third-order valence-corrected chi connectivity index (χ3v) is 5.66. The first-order chi connectivity index (χ1) is 15.6. The van der Waals surface area contributed by atoms with E-state index in [0.717, 1.165) is 11.3 Å². The highest BCUT2D eigenvalue weighted by atomic mass is 35.5. The zero-order chi connectivity index (χ0) is 21.9. The summed E-state index contributed by atoms with van der Waals surface area (Å²) in [6.45, 7) is 0.775. The van der Waals surface area contributed by atoms with E-state index in [-0.39, 0.29) is 12.5 Å². The lowest BCUT2D eigenvalue weighted by molar-refractivity contribution is 0.102. The van der Waals surface area contributed by atoms with E-state index in [2.05, 4.69) is 20.4 Å². The number of pyridine rings is 1. The number of amides is 1. The standard InChI is InChI=1S/C22H17ClN6O2S/c23-15-4-6-18(7-5-15)31-13-21-27-19(14-32-21)22(30)26-16-9-24-29(11-16)12-17-10-28-8-2-1-3-20(28)25-17/h1-11,14H,12-13H2,(H,26,30). The summed E-state index contributed by atoms with van der Waals surface area (Å²) in [5.41, 5.74) is 2.67. The minimum atomic E-state index is -0.300. The molecule has 1 aromatic carbocycles. The number of hydrogen-bond donors (Lipinski definition) is 1. The van der Waals surface area contributed by atoms with Crippen molar-refractivity contribution in [1.82, 2.24) is 24.1 Å². The molecule has 5 rings (SSSR count). The monoisotopic (exact) mass is 464 g/mol. The van der Waals surface area contributed by atoms with Crippen molar-refractivity contribution in [3.63, 3.8) is 0 Å². The fourth-order valence-corrected chi connectivity index (χ4v) is 3.91. The number of ether oxygens (including phenoxy) is 1. The van der Waals surface area contributed by atoms with E-state index in [1.165, 1.54) is 11.3 Å². The SMILES string of the molecule is O=C(Nc1cnn(Cc2cn3ccccc3n2)c1)c1csc(COc2ccc(Cl)cc2)n1. The van der Waals surface area contributed by atoms with E-state index in [4.69, 9.17) is 16.3 Å². The zero-order valence-electron chi connectivity index (χ0n) is 16.7. The highest BCUT2D eigenvalue weighted by molar-refractivity contribution is 7.09. The molecule has 1 N–H and O–H groups in total. The normalized spacial score (nSPS) is 11.0. The van der Waals surface area contributed by atoms with Crippen LogP contribution >= 0.6 is 22.9 Å². The average molecular weight is 465 g/mol.